The number of anilines is 2. The zero-order valence-corrected chi connectivity index (χ0v) is 7.91. The van der Waals surface area contributed by atoms with Crippen LogP contribution in [0.15, 0.2) is 12.4 Å². The molecular weight excluding hydrogens is 164 g/mol. The van der Waals surface area contributed by atoms with Crippen molar-refractivity contribution in [2.45, 2.75) is 26.3 Å². The van der Waals surface area contributed by atoms with Gasteiger partial charge in [-0.25, -0.2) is 9.97 Å². The van der Waals surface area contributed by atoms with Crippen molar-refractivity contribution in [1.82, 2.24) is 9.97 Å². The van der Waals surface area contributed by atoms with Gasteiger partial charge in [-0.2, -0.15) is 0 Å². The minimum absolute atomic E-state index is 0.379. The molecule has 0 saturated heterocycles. The Hall–Kier alpha value is -1.32. The van der Waals surface area contributed by atoms with Crippen LogP contribution >= 0.6 is 0 Å². The van der Waals surface area contributed by atoms with Gasteiger partial charge in [0.15, 0.2) is 11.6 Å². The lowest BCUT2D eigenvalue weighted by molar-refractivity contribution is 0.630. The summed E-state index contributed by atoms with van der Waals surface area (Å²) >= 11 is 0. The Morgan fingerprint density at radius 3 is 2.62 bits per heavy atom. The Morgan fingerprint density at radius 2 is 2.08 bits per heavy atom. The predicted molar refractivity (Wildman–Crippen MR) is 52.3 cm³/mol. The van der Waals surface area contributed by atoms with Crippen LogP contribution in [-0.2, 0) is 0 Å². The highest BCUT2D eigenvalue weighted by atomic mass is 15.1. The van der Waals surface area contributed by atoms with Crippen LogP contribution in [0, 0.1) is 5.41 Å². The molecular formula is C9H14N4. The Kier molecular flexibility index (Phi) is 1.65. The van der Waals surface area contributed by atoms with Crippen molar-refractivity contribution in [3.63, 3.8) is 0 Å². The highest BCUT2D eigenvalue weighted by Gasteiger charge is 2.46. The number of nitrogen functional groups attached to an aromatic ring is 1. The molecule has 0 spiro atoms. The fraction of sp³-hybridized carbons (Fsp3) is 0.556. The maximum atomic E-state index is 5.65. The molecule has 1 aliphatic rings. The lowest BCUT2D eigenvalue weighted by Crippen LogP contribution is -2.11. The van der Waals surface area contributed by atoms with Crippen LogP contribution in [-0.4, -0.2) is 16.0 Å². The summed E-state index contributed by atoms with van der Waals surface area (Å²) in [6, 6.07) is 0.492. The molecule has 0 bridgehead atoms. The van der Waals surface area contributed by atoms with Crippen LogP contribution in [0.3, 0.4) is 0 Å². The van der Waals surface area contributed by atoms with Crippen molar-refractivity contribution in [2.75, 3.05) is 11.1 Å². The van der Waals surface area contributed by atoms with Crippen LogP contribution in [0.25, 0.3) is 0 Å². The summed E-state index contributed by atoms with van der Waals surface area (Å²) in [7, 11) is 0. The van der Waals surface area contributed by atoms with Gasteiger partial charge >= 0.3 is 0 Å². The van der Waals surface area contributed by atoms with E-state index >= 15 is 0 Å². The van der Waals surface area contributed by atoms with Crippen LogP contribution in [0.1, 0.15) is 20.3 Å². The minimum Gasteiger partial charge on any atom is -0.381 e. The SMILES string of the molecule is CC1(C)CC1Nc1nccnc1N. The van der Waals surface area contributed by atoms with Crippen molar-refractivity contribution in [3.8, 4) is 0 Å². The molecule has 1 aliphatic carbocycles. The quantitative estimate of drug-likeness (QED) is 0.715. The molecule has 0 radical (unpaired) electrons. The molecule has 2 rings (SSSR count). The van der Waals surface area contributed by atoms with Crippen LogP contribution in [0.5, 0.6) is 0 Å². The summed E-state index contributed by atoms with van der Waals surface area (Å²) in [5, 5.41) is 3.28. The molecule has 0 aromatic carbocycles. The predicted octanol–water partition coefficient (Wildman–Crippen LogP) is 1.27. The number of nitrogens with two attached hydrogens (primary N) is 1. The van der Waals surface area contributed by atoms with Crippen molar-refractivity contribution >= 4 is 11.6 Å². The Balaban J connectivity index is 2.07. The van der Waals surface area contributed by atoms with E-state index in [9.17, 15) is 0 Å². The zero-order valence-electron chi connectivity index (χ0n) is 7.91. The molecule has 0 aliphatic heterocycles. The summed E-state index contributed by atoms with van der Waals surface area (Å²) in [5.41, 5.74) is 6.03. The van der Waals surface area contributed by atoms with E-state index in [1.807, 2.05) is 0 Å². The number of hydrogen-bond acceptors (Lipinski definition) is 4. The van der Waals surface area contributed by atoms with Crippen molar-refractivity contribution < 1.29 is 0 Å². The first-order valence-corrected chi connectivity index (χ1v) is 4.42. The largest absolute Gasteiger partial charge is 0.381 e. The van der Waals surface area contributed by atoms with E-state index in [2.05, 4.69) is 29.1 Å². The monoisotopic (exact) mass is 178 g/mol. The fourth-order valence-corrected chi connectivity index (χ4v) is 1.34. The summed E-state index contributed by atoms with van der Waals surface area (Å²) in [6.07, 6.45) is 4.41. The van der Waals surface area contributed by atoms with Gasteiger partial charge in [0, 0.05) is 18.4 Å². The Bertz CT molecular complexity index is 321. The van der Waals surface area contributed by atoms with E-state index in [1.54, 1.807) is 12.4 Å². The molecule has 4 heteroatoms. The van der Waals surface area contributed by atoms with Gasteiger partial charge in [0.1, 0.15) is 0 Å². The normalized spacial score (nSPS) is 24.0. The van der Waals surface area contributed by atoms with Crippen LogP contribution < -0.4 is 11.1 Å². The summed E-state index contributed by atoms with van der Waals surface area (Å²) in [6.45, 7) is 4.44. The van der Waals surface area contributed by atoms with Gasteiger partial charge in [0.05, 0.1) is 0 Å². The van der Waals surface area contributed by atoms with Crippen molar-refractivity contribution in [1.29, 1.82) is 0 Å². The Labute approximate surface area is 77.6 Å². The number of nitrogens with zero attached hydrogens (tertiary/aromatic N) is 2. The highest BCUT2D eigenvalue weighted by Crippen LogP contribution is 2.46. The van der Waals surface area contributed by atoms with Gasteiger partial charge in [-0.3, -0.25) is 0 Å². The van der Waals surface area contributed by atoms with Gasteiger partial charge in [-0.05, 0) is 11.8 Å². The minimum atomic E-state index is 0.379. The number of rotatable bonds is 2. The van der Waals surface area contributed by atoms with Crippen LogP contribution in [0.2, 0.25) is 0 Å². The molecule has 1 heterocycles. The van der Waals surface area contributed by atoms with Crippen molar-refractivity contribution in [3.05, 3.63) is 12.4 Å². The van der Waals surface area contributed by atoms with Gasteiger partial charge in [-0.15, -0.1) is 0 Å². The van der Waals surface area contributed by atoms with Crippen LogP contribution in [0.4, 0.5) is 11.6 Å². The average molecular weight is 178 g/mol. The summed E-state index contributed by atoms with van der Waals surface area (Å²) in [5.74, 6) is 1.18. The molecule has 70 valence electrons. The third kappa shape index (κ3) is 1.56. The molecule has 1 aromatic heterocycles. The standard InChI is InChI=1S/C9H14N4/c1-9(2)5-6(9)13-8-7(10)11-3-4-12-8/h3-4,6H,5H2,1-2H3,(H2,10,11)(H,12,13). The smallest absolute Gasteiger partial charge is 0.169 e. The zero-order chi connectivity index (χ0) is 9.47. The van der Waals surface area contributed by atoms with Gasteiger partial charge in [0.2, 0.25) is 0 Å². The van der Waals surface area contributed by atoms with E-state index in [0.717, 1.165) is 0 Å². The van der Waals surface area contributed by atoms with E-state index in [-0.39, 0.29) is 0 Å². The second kappa shape index (κ2) is 2.58. The van der Waals surface area contributed by atoms with Gasteiger partial charge in [0.25, 0.3) is 0 Å². The summed E-state index contributed by atoms with van der Waals surface area (Å²) < 4.78 is 0. The van der Waals surface area contributed by atoms with E-state index in [1.165, 1.54) is 6.42 Å². The summed E-state index contributed by atoms with van der Waals surface area (Å²) in [4.78, 5) is 8.09. The maximum Gasteiger partial charge on any atom is 0.169 e. The van der Waals surface area contributed by atoms with Gasteiger partial charge < -0.3 is 11.1 Å². The van der Waals surface area contributed by atoms with Gasteiger partial charge in [-0.1, -0.05) is 13.8 Å². The first-order valence-electron chi connectivity index (χ1n) is 4.42. The molecule has 0 amide bonds. The topological polar surface area (TPSA) is 63.8 Å². The lowest BCUT2D eigenvalue weighted by atomic mass is 10.2. The molecule has 1 unspecified atom stereocenters. The molecule has 13 heavy (non-hydrogen) atoms. The second-order valence-corrected chi connectivity index (χ2v) is 4.18. The first-order chi connectivity index (χ1) is 6.09. The molecule has 1 fully saturated rings. The third-order valence-corrected chi connectivity index (χ3v) is 2.55. The Morgan fingerprint density at radius 1 is 1.46 bits per heavy atom. The third-order valence-electron chi connectivity index (χ3n) is 2.55. The molecule has 1 atom stereocenters. The number of nitrogens with one attached hydrogen (secondary N) is 1. The van der Waals surface area contributed by atoms with E-state index in [4.69, 9.17) is 5.73 Å². The maximum absolute atomic E-state index is 5.65. The van der Waals surface area contributed by atoms with E-state index in [0.29, 0.717) is 23.1 Å². The molecule has 3 N–H and O–H groups in total. The molecule has 4 nitrogen and oxygen atoms in total. The highest BCUT2D eigenvalue weighted by molar-refractivity contribution is 5.56. The van der Waals surface area contributed by atoms with Crippen molar-refractivity contribution in [2.24, 2.45) is 5.41 Å². The average Bonchev–Trinajstić information content (AvgIpc) is 2.64. The number of aromatic nitrogens is 2. The van der Waals surface area contributed by atoms with E-state index < -0.39 is 0 Å². The first kappa shape index (κ1) is 8.29. The molecule has 1 aromatic rings. The lowest BCUT2D eigenvalue weighted by Gasteiger charge is -2.07. The molecule has 1 saturated carbocycles. The number of hydrogen-bond donors (Lipinski definition) is 2. The second-order valence-electron chi connectivity index (χ2n) is 4.18. The fourth-order valence-electron chi connectivity index (χ4n) is 1.34.